The van der Waals surface area contributed by atoms with Crippen molar-refractivity contribution >= 4 is 22.9 Å². The van der Waals surface area contributed by atoms with Gasteiger partial charge < -0.3 is 5.32 Å². The first-order chi connectivity index (χ1) is 11.9. The van der Waals surface area contributed by atoms with Crippen LogP contribution in [0.3, 0.4) is 0 Å². The lowest BCUT2D eigenvalue weighted by molar-refractivity contribution is -0.118. The third-order valence-electron chi connectivity index (χ3n) is 4.74. The molecule has 4 heteroatoms. The molecular weight excluding hydrogens is 328 g/mol. The van der Waals surface area contributed by atoms with E-state index in [-0.39, 0.29) is 11.2 Å². The zero-order valence-electron chi connectivity index (χ0n) is 15.5. The number of allylic oxidation sites excluding steroid dienone is 2. The van der Waals surface area contributed by atoms with E-state index in [2.05, 4.69) is 62.3 Å². The van der Waals surface area contributed by atoms with Gasteiger partial charge >= 0.3 is 0 Å². The van der Waals surface area contributed by atoms with Crippen LogP contribution in [-0.2, 0) is 11.2 Å². The summed E-state index contributed by atoms with van der Waals surface area (Å²) in [5.41, 5.74) is 6.43. The molecule has 2 aromatic rings. The summed E-state index contributed by atoms with van der Waals surface area (Å²) in [5.74, 6) is 1.17. The topological polar surface area (TPSA) is 42.0 Å². The number of carbonyl (C=O) groups excluding carboxylic acids is 1. The summed E-state index contributed by atoms with van der Waals surface area (Å²) >= 11 is 1.67. The molecule has 1 aromatic heterocycles. The van der Waals surface area contributed by atoms with Crippen molar-refractivity contribution in [1.82, 2.24) is 4.98 Å². The summed E-state index contributed by atoms with van der Waals surface area (Å²) in [6, 6.07) is 8.62. The Hall–Kier alpha value is -1.94. The van der Waals surface area contributed by atoms with Crippen LogP contribution < -0.4 is 5.32 Å². The molecule has 0 atom stereocenters. The normalized spacial score (nSPS) is 17.0. The zero-order valence-corrected chi connectivity index (χ0v) is 16.3. The molecule has 25 heavy (non-hydrogen) atoms. The highest BCUT2D eigenvalue weighted by Gasteiger charge is 2.32. The molecule has 1 heterocycles. The van der Waals surface area contributed by atoms with Gasteiger partial charge in [-0.25, -0.2) is 4.98 Å². The molecule has 0 fully saturated rings. The van der Waals surface area contributed by atoms with Gasteiger partial charge in [0.05, 0.1) is 10.4 Å². The summed E-state index contributed by atoms with van der Waals surface area (Å²) in [6.07, 6.45) is 3.16. The highest BCUT2D eigenvalue weighted by atomic mass is 32.1. The monoisotopic (exact) mass is 354 g/mol. The number of anilines is 1. The lowest BCUT2D eigenvalue weighted by Crippen LogP contribution is -2.28. The number of benzene rings is 1. The van der Waals surface area contributed by atoms with E-state index in [1.807, 2.05) is 5.51 Å². The number of rotatable bonds is 5. The molecule has 0 bridgehead atoms. The molecule has 1 aliphatic rings. The number of hydrogen-bond acceptors (Lipinski definition) is 4. The van der Waals surface area contributed by atoms with E-state index in [1.54, 1.807) is 11.3 Å². The Kier molecular flexibility index (Phi) is 5.09. The zero-order chi connectivity index (χ0) is 18.0. The van der Waals surface area contributed by atoms with Gasteiger partial charge in [0.2, 0.25) is 0 Å². The average molecular weight is 355 g/mol. The van der Waals surface area contributed by atoms with Crippen molar-refractivity contribution in [3.63, 3.8) is 0 Å². The maximum Gasteiger partial charge on any atom is 0.161 e. The fraction of sp³-hybridized carbons (Fsp3) is 0.429. The SMILES string of the molecule is CCC1=C(Nc2ncsc2Cc2ccc(C)cc2)CC(C)(C)CC1=O. The van der Waals surface area contributed by atoms with Crippen LogP contribution in [0.5, 0.6) is 0 Å². The number of aromatic nitrogens is 1. The second kappa shape index (κ2) is 7.12. The first-order valence-corrected chi connectivity index (χ1v) is 9.76. The van der Waals surface area contributed by atoms with E-state index in [1.165, 1.54) is 16.0 Å². The Bertz CT molecular complexity index is 800. The number of thiazole rings is 1. The first-order valence-electron chi connectivity index (χ1n) is 8.88. The van der Waals surface area contributed by atoms with E-state index in [9.17, 15) is 4.79 Å². The molecule has 1 aliphatic carbocycles. The molecule has 0 saturated heterocycles. The number of nitrogens with one attached hydrogen (secondary N) is 1. The van der Waals surface area contributed by atoms with Crippen LogP contribution >= 0.6 is 11.3 Å². The van der Waals surface area contributed by atoms with Crippen molar-refractivity contribution in [2.24, 2.45) is 5.41 Å². The van der Waals surface area contributed by atoms with Gasteiger partial charge in [0.25, 0.3) is 0 Å². The van der Waals surface area contributed by atoms with Gasteiger partial charge in [-0.2, -0.15) is 0 Å². The van der Waals surface area contributed by atoms with Gasteiger partial charge in [0, 0.05) is 24.1 Å². The van der Waals surface area contributed by atoms with Gasteiger partial charge in [-0.05, 0) is 30.7 Å². The van der Waals surface area contributed by atoms with Crippen LogP contribution in [0.15, 0.2) is 41.0 Å². The van der Waals surface area contributed by atoms with E-state index >= 15 is 0 Å². The maximum atomic E-state index is 12.5. The molecule has 0 unspecified atom stereocenters. The Morgan fingerprint density at radius 2 is 1.92 bits per heavy atom. The summed E-state index contributed by atoms with van der Waals surface area (Å²) in [7, 11) is 0. The predicted molar refractivity (Wildman–Crippen MR) is 105 cm³/mol. The number of hydrogen-bond donors (Lipinski definition) is 1. The third-order valence-corrected chi connectivity index (χ3v) is 5.58. The fourth-order valence-electron chi connectivity index (χ4n) is 3.42. The van der Waals surface area contributed by atoms with E-state index < -0.39 is 0 Å². The minimum atomic E-state index is 0.00519. The van der Waals surface area contributed by atoms with E-state index in [0.717, 1.165) is 36.4 Å². The van der Waals surface area contributed by atoms with E-state index in [4.69, 9.17) is 0 Å². The first kappa shape index (κ1) is 17.9. The van der Waals surface area contributed by atoms with Crippen LogP contribution in [-0.4, -0.2) is 10.8 Å². The molecule has 0 amide bonds. The number of nitrogens with zero attached hydrogens (tertiary/aromatic N) is 1. The van der Waals surface area contributed by atoms with Crippen molar-refractivity contribution < 1.29 is 4.79 Å². The van der Waals surface area contributed by atoms with Crippen molar-refractivity contribution in [2.75, 3.05) is 5.32 Å². The van der Waals surface area contributed by atoms with Crippen LogP contribution in [0, 0.1) is 12.3 Å². The highest BCUT2D eigenvalue weighted by molar-refractivity contribution is 7.10. The minimum absolute atomic E-state index is 0.00519. The largest absolute Gasteiger partial charge is 0.342 e. The second-order valence-electron chi connectivity index (χ2n) is 7.66. The molecule has 0 saturated carbocycles. The van der Waals surface area contributed by atoms with Gasteiger partial charge in [-0.3, -0.25) is 4.79 Å². The quantitative estimate of drug-likeness (QED) is 0.770. The average Bonchev–Trinajstić information content (AvgIpc) is 2.95. The molecule has 3 rings (SSSR count). The van der Waals surface area contributed by atoms with Gasteiger partial charge in [0.1, 0.15) is 5.82 Å². The van der Waals surface area contributed by atoms with Crippen LogP contribution in [0.4, 0.5) is 5.82 Å². The Morgan fingerprint density at radius 1 is 1.20 bits per heavy atom. The summed E-state index contributed by atoms with van der Waals surface area (Å²) in [4.78, 5) is 18.2. The second-order valence-corrected chi connectivity index (χ2v) is 8.60. The summed E-state index contributed by atoms with van der Waals surface area (Å²) < 4.78 is 0. The molecule has 1 aromatic carbocycles. The smallest absolute Gasteiger partial charge is 0.161 e. The van der Waals surface area contributed by atoms with Gasteiger partial charge in [-0.1, -0.05) is 50.6 Å². The Morgan fingerprint density at radius 3 is 2.60 bits per heavy atom. The summed E-state index contributed by atoms with van der Waals surface area (Å²) in [5, 5.41) is 3.51. The molecule has 3 nitrogen and oxygen atoms in total. The Labute approximate surface area is 154 Å². The van der Waals surface area contributed by atoms with Gasteiger partial charge in [0.15, 0.2) is 5.78 Å². The Balaban J connectivity index is 1.84. The van der Waals surface area contributed by atoms with Crippen LogP contribution in [0.1, 0.15) is 56.0 Å². The maximum absolute atomic E-state index is 12.5. The minimum Gasteiger partial charge on any atom is -0.342 e. The number of aryl methyl sites for hydroxylation is 1. The number of ketones is 1. The van der Waals surface area contributed by atoms with E-state index in [0.29, 0.717) is 6.42 Å². The molecule has 0 radical (unpaired) electrons. The third kappa shape index (κ3) is 4.18. The van der Waals surface area contributed by atoms with Crippen LogP contribution in [0.25, 0.3) is 0 Å². The predicted octanol–water partition coefficient (Wildman–Crippen LogP) is 5.51. The number of carbonyl (C=O) groups is 1. The fourth-order valence-corrected chi connectivity index (χ4v) is 4.17. The molecule has 1 N–H and O–H groups in total. The summed E-state index contributed by atoms with van der Waals surface area (Å²) in [6.45, 7) is 8.48. The van der Waals surface area contributed by atoms with Crippen LogP contribution in [0.2, 0.25) is 0 Å². The van der Waals surface area contributed by atoms with Crippen molar-refractivity contribution in [3.8, 4) is 0 Å². The number of Topliss-reactive ketones (excluding diaryl/α,β-unsaturated/α-hetero) is 1. The molecule has 132 valence electrons. The van der Waals surface area contributed by atoms with Crippen molar-refractivity contribution in [3.05, 3.63) is 57.1 Å². The molecule has 0 spiro atoms. The molecule has 0 aliphatic heterocycles. The standard InChI is InChI=1S/C21H26N2OS/c1-5-16-17(11-21(3,4)12-18(16)24)23-20-19(25-13-22-20)10-15-8-6-14(2)7-9-15/h6-9,13,23H,5,10-12H2,1-4H3. The van der Waals surface area contributed by atoms with Crippen molar-refractivity contribution in [1.29, 1.82) is 0 Å². The lowest BCUT2D eigenvalue weighted by Gasteiger charge is -2.32. The molecular formula is C21H26N2OS. The van der Waals surface area contributed by atoms with Crippen molar-refractivity contribution in [2.45, 2.75) is 53.4 Å². The van der Waals surface area contributed by atoms with Gasteiger partial charge in [-0.15, -0.1) is 11.3 Å². The lowest BCUT2D eigenvalue weighted by atomic mass is 9.75. The highest BCUT2D eigenvalue weighted by Crippen LogP contribution is 2.38.